The van der Waals surface area contributed by atoms with Gasteiger partial charge in [-0.1, -0.05) is 96.0 Å². The molecular formula is C41H42Cl2F6N4O2. The third-order valence-electron chi connectivity index (χ3n) is 9.86. The minimum atomic E-state index is -4.61. The number of nitrogens with zero attached hydrogens (tertiary/aromatic N) is 2. The molecule has 2 N–H and O–H groups in total. The fourth-order valence-corrected chi connectivity index (χ4v) is 7.52. The van der Waals surface area contributed by atoms with Crippen molar-refractivity contribution in [3.8, 4) is 0 Å². The van der Waals surface area contributed by atoms with Gasteiger partial charge in [-0.3, -0.25) is 14.5 Å². The number of rotatable bonds is 10. The summed E-state index contributed by atoms with van der Waals surface area (Å²) >= 11 is 11.8. The van der Waals surface area contributed by atoms with Gasteiger partial charge in [0.1, 0.15) is 0 Å². The van der Waals surface area contributed by atoms with Crippen LogP contribution in [0.4, 0.5) is 26.3 Å². The second-order valence-corrected chi connectivity index (χ2v) is 14.5. The molecule has 0 saturated carbocycles. The number of alkyl halides is 6. The van der Waals surface area contributed by atoms with E-state index < -0.39 is 45.3 Å². The van der Waals surface area contributed by atoms with E-state index in [1.54, 1.807) is 0 Å². The highest BCUT2D eigenvalue weighted by Gasteiger charge is 2.36. The highest BCUT2D eigenvalue weighted by molar-refractivity contribution is 6.35. The molecule has 0 bridgehead atoms. The first-order chi connectivity index (χ1) is 26.1. The lowest BCUT2D eigenvalue weighted by Gasteiger charge is -2.28. The van der Waals surface area contributed by atoms with Crippen molar-refractivity contribution in [1.82, 2.24) is 20.4 Å². The number of carbonyl (C=O) groups excluding carboxylic acids is 2. The van der Waals surface area contributed by atoms with Crippen molar-refractivity contribution in [2.45, 2.75) is 63.1 Å². The van der Waals surface area contributed by atoms with Gasteiger partial charge in [0.2, 0.25) is 0 Å². The Balaban J connectivity index is 0.000000211. The van der Waals surface area contributed by atoms with Gasteiger partial charge in [-0.05, 0) is 87.6 Å². The maximum absolute atomic E-state index is 13.1. The Hall–Kier alpha value is -4.10. The SMILES string of the molecule is CC1CCCN1C[C@H](NC(=O)c1cccc(C(F)(F)F)c1Cl)c1ccccc1.O=C(N[C@@H](CN1CCCC1)c1ccccc1)c1cccc(C(F)(F)F)c1Cl. The molecule has 6 rings (SSSR count). The van der Waals surface area contributed by atoms with Gasteiger partial charge in [-0.25, -0.2) is 0 Å². The van der Waals surface area contributed by atoms with Gasteiger partial charge in [0.05, 0.1) is 44.4 Å². The molecule has 3 atom stereocenters. The molecular weight excluding hydrogens is 765 g/mol. The number of carbonyl (C=O) groups is 2. The van der Waals surface area contributed by atoms with E-state index in [0.717, 1.165) is 68.6 Å². The van der Waals surface area contributed by atoms with E-state index in [-0.39, 0.29) is 23.2 Å². The third-order valence-corrected chi connectivity index (χ3v) is 10.7. The molecule has 4 aromatic carbocycles. The summed E-state index contributed by atoms with van der Waals surface area (Å²) in [6.45, 7) is 6.16. The molecule has 2 fully saturated rings. The number of likely N-dealkylation sites (tertiary alicyclic amines) is 2. The topological polar surface area (TPSA) is 64.7 Å². The van der Waals surface area contributed by atoms with Crippen molar-refractivity contribution in [3.63, 3.8) is 0 Å². The van der Waals surface area contributed by atoms with Gasteiger partial charge in [0, 0.05) is 19.1 Å². The summed E-state index contributed by atoms with van der Waals surface area (Å²) in [6.07, 6.45) is -4.83. The smallest absolute Gasteiger partial charge is 0.344 e. The van der Waals surface area contributed by atoms with Crippen LogP contribution >= 0.6 is 23.2 Å². The van der Waals surface area contributed by atoms with Gasteiger partial charge in [0.15, 0.2) is 0 Å². The van der Waals surface area contributed by atoms with Crippen LogP contribution in [-0.4, -0.2) is 60.4 Å². The van der Waals surface area contributed by atoms with Crippen LogP contribution in [-0.2, 0) is 12.4 Å². The molecule has 55 heavy (non-hydrogen) atoms. The summed E-state index contributed by atoms with van der Waals surface area (Å²) in [5.41, 5.74) is -0.557. The molecule has 2 aliphatic heterocycles. The van der Waals surface area contributed by atoms with Crippen LogP contribution in [0.1, 0.15) is 87.7 Å². The fraction of sp³-hybridized carbons (Fsp3) is 0.366. The molecule has 0 aromatic heterocycles. The number of halogens is 8. The Kier molecular flexibility index (Phi) is 14.3. The summed E-state index contributed by atoms with van der Waals surface area (Å²) in [7, 11) is 0. The standard InChI is InChI=1S/C21H22ClF3N2O.C20H20ClF3N2O/c1-14-7-6-12-27(14)13-18(15-8-3-2-4-9-15)26-20(28)16-10-5-11-17(19(16)22)21(23,24)25;21-18-15(9-6-10-16(18)20(22,23)24)19(27)25-17(13-26-11-4-5-12-26)14-7-2-1-3-8-14/h2-5,8-11,14,18H,6-7,12-13H2,1H3,(H,26,28);1-3,6-10,17H,4-5,11-13H2,(H,25,27)/t14?,18-;17-/m00/s1. The number of hydrogen-bond acceptors (Lipinski definition) is 4. The van der Waals surface area contributed by atoms with Gasteiger partial charge in [-0.15, -0.1) is 0 Å². The highest BCUT2D eigenvalue weighted by atomic mass is 35.5. The Bertz CT molecular complexity index is 1890. The Morgan fingerprint density at radius 2 is 1.07 bits per heavy atom. The van der Waals surface area contributed by atoms with E-state index in [9.17, 15) is 35.9 Å². The van der Waals surface area contributed by atoms with Crippen LogP contribution in [0.25, 0.3) is 0 Å². The molecule has 2 saturated heterocycles. The molecule has 0 spiro atoms. The summed E-state index contributed by atoms with van der Waals surface area (Å²) in [5.74, 6) is -1.23. The first kappa shape index (κ1) is 42.1. The predicted octanol–water partition coefficient (Wildman–Crippen LogP) is 10.2. The van der Waals surface area contributed by atoms with E-state index in [1.807, 2.05) is 60.7 Å². The maximum atomic E-state index is 13.1. The third kappa shape index (κ3) is 11.2. The molecule has 2 aliphatic rings. The van der Waals surface area contributed by atoms with E-state index in [1.165, 1.54) is 24.3 Å². The number of benzene rings is 4. The van der Waals surface area contributed by atoms with E-state index in [2.05, 4.69) is 27.4 Å². The largest absolute Gasteiger partial charge is 0.417 e. The minimum absolute atomic E-state index is 0.172. The zero-order valence-electron chi connectivity index (χ0n) is 30.1. The average Bonchev–Trinajstić information content (AvgIpc) is 3.82. The molecule has 294 valence electrons. The Labute approximate surface area is 326 Å². The van der Waals surface area contributed by atoms with Crippen molar-refractivity contribution in [1.29, 1.82) is 0 Å². The maximum Gasteiger partial charge on any atom is 0.417 e. The van der Waals surface area contributed by atoms with Gasteiger partial charge in [0.25, 0.3) is 11.8 Å². The lowest BCUT2D eigenvalue weighted by Crippen LogP contribution is -2.39. The van der Waals surface area contributed by atoms with Crippen molar-refractivity contribution < 1.29 is 35.9 Å². The first-order valence-electron chi connectivity index (χ1n) is 18.0. The highest BCUT2D eigenvalue weighted by Crippen LogP contribution is 2.37. The molecule has 0 aliphatic carbocycles. The molecule has 6 nitrogen and oxygen atoms in total. The van der Waals surface area contributed by atoms with Crippen LogP contribution in [0.3, 0.4) is 0 Å². The Morgan fingerprint density at radius 3 is 1.47 bits per heavy atom. The molecule has 0 radical (unpaired) electrons. The van der Waals surface area contributed by atoms with Crippen molar-refractivity contribution in [2.75, 3.05) is 32.7 Å². The monoisotopic (exact) mass is 806 g/mol. The minimum Gasteiger partial charge on any atom is -0.344 e. The quantitative estimate of drug-likeness (QED) is 0.157. The van der Waals surface area contributed by atoms with Crippen LogP contribution in [0.15, 0.2) is 97.1 Å². The lowest BCUT2D eigenvalue weighted by molar-refractivity contribution is -0.138. The van der Waals surface area contributed by atoms with E-state index in [4.69, 9.17) is 23.2 Å². The first-order valence-corrected chi connectivity index (χ1v) is 18.8. The molecule has 14 heteroatoms. The zero-order chi connectivity index (χ0) is 39.8. The van der Waals surface area contributed by atoms with E-state index in [0.29, 0.717) is 19.1 Å². The summed E-state index contributed by atoms with van der Waals surface area (Å²) < 4.78 is 78.5. The van der Waals surface area contributed by atoms with Crippen molar-refractivity contribution >= 4 is 35.0 Å². The summed E-state index contributed by atoms with van der Waals surface area (Å²) in [4.78, 5) is 30.0. The summed E-state index contributed by atoms with van der Waals surface area (Å²) in [5, 5.41) is 4.60. The number of hydrogen-bond donors (Lipinski definition) is 2. The second kappa shape index (κ2) is 18.7. The lowest BCUT2D eigenvalue weighted by atomic mass is 10.0. The molecule has 4 aromatic rings. The van der Waals surface area contributed by atoms with Crippen LogP contribution in [0, 0.1) is 0 Å². The fourth-order valence-electron chi connectivity index (χ4n) is 6.89. The van der Waals surface area contributed by atoms with E-state index >= 15 is 0 Å². The van der Waals surface area contributed by atoms with Crippen LogP contribution in [0.5, 0.6) is 0 Å². The normalized spacial score (nSPS) is 17.6. The van der Waals surface area contributed by atoms with Gasteiger partial charge >= 0.3 is 12.4 Å². The second-order valence-electron chi connectivity index (χ2n) is 13.7. The van der Waals surface area contributed by atoms with Gasteiger partial charge < -0.3 is 15.5 Å². The van der Waals surface area contributed by atoms with Crippen molar-refractivity contribution in [2.24, 2.45) is 0 Å². The molecule has 1 unspecified atom stereocenters. The van der Waals surface area contributed by atoms with Crippen LogP contribution in [0.2, 0.25) is 10.0 Å². The van der Waals surface area contributed by atoms with Crippen LogP contribution < -0.4 is 10.6 Å². The van der Waals surface area contributed by atoms with Gasteiger partial charge in [-0.2, -0.15) is 26.3 Å². The molecule has 2 amide bonds. The Morgan fingerprint density at radius 1 is 0.636 bits per heavy atom. The zero-order valence-corrected chi connectivity index (χ0v) is 31.6. The molecule has 2 heterocycles. The predicted molar refractivity (Wildman–Crippen MR) is 202 cm³/mol. The summed E-state index contributed by atoms with van der Waals surface area (Å²) in [6, 6.07) is 25.3. The average molecular weight is 808 g/mol. The van der Waals surface area contributed by atoms with Crippen molar-refractivity contribution in [3.05, 3.63) is 140 Å². The number of nitrogens with one attached hydrogen (secondary N) is 2. The number of amides is 2.